The fraction of sp³-hybridized carbons (Fsp3) is 0.500. The number of ether oxygens (including phenoxy) is 1. The van der Waals surface area contributed by atoms with Crippen LogP contribution >= 0.6 is 15.9 Å². The van der Waals surface area contributed by atoms with Crippen LogP contribution in [-0.2, 0) is 4.74 Å². The number of nitrogens with two attached hydrogens (primary N) is 1. The van der Waals surface area contributed by atoms with Gasteiger partial charge in [-0.1, -0.05) is 15.9 Å². The van der Waals surface area contributed by atoms with Crippen molar-refractivity contribution in [1.29, 1.82) is 0 Å². The standard InChI is InChI=1S/C12H19BrN2O/c1-9(2)15(6-7-16-3)12-8-10(13)4-5-11(12)14/h4-5,8-9H,6-7,14H2,1-3H3. The lowest BCUT2D eigenvalue weighted by atomic mass is 10.2. The van der Waals surface area contributed by atoms with E-state index in [1.165, 1.54) is 0 Å². The lowest BCUT2D eigenvalue weighted by Gasteiger charge is -2.30. The Hall–Kier alpha value is -0.740. The summed E-state index contributed by atoms with van der Waals surface area (Å²) in [5.74, 6) is 0. The number of nitrogen functional groups attached to an aromatic ring is 1. The van der Waals surface area contributed by atoms with E-state index >= 15 is 0 Å². The molecule has 0 spiro atoms. The van der Waals surface area contributed by atoms with Gasteiger partial charge in [-0.25, -0.2) is 0 Å². The van der Waals surface area contributed by atoms with Crippen LogP contribution < -0.4 is 10.6 Å². The largest absolute Gasteiger partial charge is 0.397 e. The number of anilines is 2. The van der Waals surface area contributed by atoms with Gasteiger partial charge in [-0.3, -0.25) is 0 Å². The maximum atomic E-state index is 6.00. The summed E-state index contributed by atoms with van der Waals surface area (Å²) in [4.78, 5) is 2.24. The van der Waals surface area contributed by atoms with Crippen LogP contribution in [-0.4, -0.2) is 26.3 Å². The van der Waals surface area contributed by atoms with Crippen LogP contribution in [0.5, 0.6) is 0 Å². The number of halogens is 1. The number of hydrogen-bond donors (Lipinski definition) is 1. The Morgan fingerprint density at radius 3 is 2.69 bits per heavy atom. The van der Waals surface area contributed by atoms with Crippen LogP contribution in [0.3, 0.4) is 0 Å². The van der Waals surface area contributed by atoms with Gasteiger partial charge in [0.25, 0.3) is 0 Å². The summed E-state index contributed by atoms with van der Waals surface area (Å²) in [5, 5.41) is 0. The molecular formula is C12H19BrN2O. The van der Waals surface area contributed by atoms with Gasteiger partial charge in [0.1, 0.15) is 0 Å². The van der Waals surface area contributed by atoms with Crippen LogP contribution in [0.2, 0.25) is 0 Å². The van der Waals surface area contributed by atoms with E-state index in [1.807, 2.05) is 18.2 Å². The van der Waals surface area contributed by atoms with Crippen LogP contribution in [0, 0.1) is 0 Å². The molecule has 0 aliphatic rings. The molecule has 0 atom stereocenters. The van der Waals surface area contributed by atoms with Gasteiger partial charge in [0, 0.05) is 24.2 Å². The quantitative estimate of drug-likeness (QED) is 0.846. The molecule has 2 N–H and O–H groups in total. The predicted molar refractivity (Wildman–Crippen MR) is 72.9 cm³/mol. The molecule has 1 aromatic rings. The third kappa shape index (κ3) is 3.39. The molecule has 16 heavy (non-hydrogen) atoms. The van der Waals surface area contributed by atoms with Crippen LogP contribution in [0.1, 0.15) is 13.8 Å². The van der Waals surface area contributed by atoms with E-state index < -0.39 is 0 Å². The van der Waals surface area contributed by atoms with Gasteiger partial charge in [-0.05, 0) is 32.0 Å². The first-order valence-electron chi connectivity index (χ1n) is 5.37. The first-order valence-corrected chi connectivity index (χ1v) is 6.16. The molecule has 1 rings (SSSR count). The van der Waals surface area contributed by atoms with Crippen molar-refractivity contribution in [3.8, 4) is 0 Å². The molecule has 3 nitrogen and oxygen atoms in total. The monoisotopic (exact) mass is 286 g/mol. The van der Waals surface area contributed by atoms with E-state index in [9.17, 15) is 0 Å². The summed E-state index contributed by atoms with van der Waals surface area (Å²) in [6.45, 7) is 5.84. The van der Waals surface area contributed by atoms with Crippen LogP contribution in [0.25, 0.3) is 0 Å². The van der Waals surface area contributed by atoms with E-state index in [4.69, 9.17) is 10.5 Å². The summed E-state index contributed by atoms with van der Waals surface area (Å²) in [6, 6.07) is 6.31. The molecule has 0 amide bonds. The Bertz CT molecular complexity index is 342. The summed E-state index contributed by atoms with van der Waals surface area (Å²) in [5.41, 5.74) is 7.85. The van der Waals surface area contributed by atoms with Gasteiger partial charge >= 0.3 is 0 Å². The minimum absolute atomic E-state index is 0.395. The molecule has 0 aromatic heterocycles. The number of nitrogens with zero attached hydrogens (tertiary/aromatic N) is 1. The Kier molecular flexibility index (Phi) is 5.09. The van der Waals surface area contributed by atoms with E-state index in [2.05, 4.69) is 34.7 Å². The van der Waals surface area contributed by atoms with E-state index in [0.29, 0.717) is 12.6 Å². The SMILES string of the molecule is COCCN(c1cc(Br)ccc1N)C(C)C. The van der Waals surface area contributed by atoms with Crippen molar-refractivity contribution in [3.05, 3.63) is 22.7 Å². The summed E-state index contributed by atoms with van der Waals surface area (Å²) < 4.78 is 6.16. The highest BCUT2D eigenvalue weighted by Gasteiger charge is 2.13. The average molecular weight is 287 g/mol. The second-order valence-corrected chi connectivity index (χ2v) is 4.90. The van der Waals surface area contributed by atoms with Crippen molar-refractivity contribution in [1.82, 2.24) is 0 Å². The number of benzene rings is 1. The van der Waals surface area contributed by atoms with Gasteiger partial charge in [-0.2, -0.15) is 0 Å². The van der Waals surface area contributed by atoms with Crippen molar-refractivity contribution in [3.63, 3.8) is 0 Å². The molecule has 0 bridgehead atoms. The lowest BCUT2D eigenvalue weighted by Crippen LogP contribution is -2.34. The van der Waals surface area contributed by atoms with Gasteiger partial charge in [-0.15, -0.1) is 0 Å². The molecule has 0 aliphatic heterocycles. The third-order valence-corrected chi connectivity index (χ3v) is 2.95. The van der Waals surface area contributed by atoms with Crippen molar-refractivity contribution < 1.29 is 4.74 Å². The van der Waals surface area contributed by atoms with E-state index in [0.717, 1.165) is 22.4 Å². The van der Waals surface area contributed by atoms with Crippen LogP contribution in [0.15, 0.2) is 22.7 Å². The van der Waals surface area contributed by atoms with Gasteiger partial charge in [0.2, 0.25) is 0 Å². The molecule has 0 saturated heterocycles. The van der Waals surface area contributed by atoms with Gasteiger partial charge < -0.3 is 15.4 Å². The number of hydrogen-bond acceptors (Lipinski definition) is 3. The zero-order valence-corrected chi connectivity index (χ0v) is 11.6. The molecule has 0 saturated carbocycles. The van der Waals surface area contributed by atoms with Crippen LogP contribution in [0.4, 0.5) is 11.4 Å². The smallest absolute Gasteiger partial charge is 0.0637 e. The molecule has 1 aromatic carbocycles. The predicted octanol–water partition coefficient (Wildman–Crippen LogP) is 2.89. The summed E-state index contributed by atoms with van der Waals surface area (Å²) >= 11 is 3.47. The number of rotatable bonds is 5. The fourth-order valence-corrected chi connectivity index (χ4v) is 1.96. The second kappa shape index (κ2) is 6.11. The molecule has 90 valence electrons. The Morgan fingerprint density at radius 1 is 1.44 bits per heavy atom. The second-order valence-electron chi connectivity index (χ2n) is 3.98. The summed E-state index contributed by atoms with van der Waals surface area (Å²) in [7, 11) is 1.71. The maximum Gasteiger partial charge on any atom is 0.0637 e. The minimum atomic E-state index is 0.395. The van der Waals surface area contributed by atoms with Crippen molar-refractivity contribution in [2.75, 3.05) is 30.9 Å². The maximum absolute atomic E-state index is 6.00. The Balaban J connectivity index is 2.95. The number of methoxy groups -OCH3 is 1. The molecule has 0 radical (unpaired) electrons. The minimum Gasteiger partial charge on any atom is -0.397 e. The zero-order chi connectivity index (χ0) is 12.1. The van der Waals surface area contributed by atoms with Crippen molar-refractivity contribution >= 4 is 27.3 Å². The van der Waals surface area contributed by atoms with Gasteiger partial charge in [0.05, 0.1) is 18.0 Å². The highest BCUT2D eigenvalue weighted by Crippen LogP contribution is 2.28. The Labute approximate surface area is 106 Å². The third-order valence-electron chi connectivity index (χ3n) is 2.46. The van der Waals surface area contributed by atoms with Gasteiger partial charge in [0.15, 0.2) is 0 Å². The van der Waals surface area contributed by atoms with E-state index in [-0.39, 0.29) is 0 Å². The highest BCUT2D eigenvalue weighted by atomic mass is 79.9. The zero-order valence-electron chi connectivity index (χ0n) is 10.0. The van der Waals surface area contributed by atoms with E-state index in [1.54, 1.807) is 7.11 Å². The topological polar surface area (TPSA) is 38.5 Å². The Morgan fingerprint density at radius 2 is 2.12 bits per heavy atom. The first kappa shape index (κ1) is 13.3. The molecule has 0 fully saturated rings. The average Bonchev–Trinajstić information content (AvgIpc) is 2.23. The lowest BCUT2D eigenvalue weighted by molar-refractivity contribution is 0.204. The molecular weight excluding hydrogens is 268 g/mol. The normalized spacial score (nSPS) is 10.8. The van der Waals surface area contributed by atoms with Crippen molar-refractivity contribution in [2.45, 2.75) is 19.9 Å². The highest BCUT2D eigenvalue weighted by molar-refractivity contribution is 9.10. The first-order chi connectivity index (χ1) is 7.56. The molecule has 4 heteroatoms. The summed E-state index contributed by atoms with van der Waals surface area (Å²) in [6.07, 6.45) is 0. The van der Waals surface area contributed by atoms with Crippen molar-refractivity contribution in [2.24, 2.45) is 0 Å². The fourth-order valence-electron chi connectivity index (χ4n) is 1.61. The molecule has 0 heterocycles. The molecule has 0 unspecified atom stereocenters. The molecule has 0 aliphatic carbocycles.